The first-order chi connectivity index (χ1) is 16.4. The molecule has 0 aliphatic carbocycles. The van der Waals surface area contributed by atoms with E-state index in [1.54, 1.807) is 43.3 Å². The number of hydrogen-bond donors (Lipinski definition) is 2. The molecule has 172 valence electrons. The van der Waals surface area contributed by atoms with Crippen LogP contribution in [0.15, 0.2) is 84.6 Å². The maximum absolute atomic E-state index is 13.0. The van der Waals surface area contributed by atoms with E-state index in [1.165, 1.54) is 48.5 Å². The third kappa shape index (κ3) is 6.36. The van der Waals surface area contributed by atoms with Gasteiger partial charge in [-0.2, -0.15) is 0 Å². The molecule has 34 heavy (non-hydrogen) atoms. The lowest BCUT2D eigenvalue weighted by atomic mass is 10.1. The second-order valence-corrected chi connectivity index (χ2v) is 6.98. The van der Waals surface area contributed by atoms with Gasteiger partial charge in [0.25, 0.3) is 17.5 Å². The van der Waals surface area contributed by atoms with Gasteiger partial charge in [-0.25, -0.2) is 4.79 Å². The van der Waals surface area contributed by atoms with Crippen molar-refractivity contribution in [2.24, 2.45) is 0 Å². The summed E-state index contributed by atoms with van der Waals surface area (Å²) >= 11 is 0. The Kier molecular flexibility index (Phi) is 7.85. The monoisotopic (exact) mass is 459 g/mol. The lowest BCUT2D eigenvalue weighted by molar-refractivity contribution is -0.384. The molecule has 0 saturated heterocycles. The van der Waals surface area contributed by atoms with Crippen molar-refractivity contribution in [1.29, 1.82) is 0 Å². The molecule has 0 fully saturated rings. The highest BCUT2D eigenvalue weighted by Crippen LogP contribution is 2.17. The predicted molar refractivity (Wildman–Crippen MR) is 126 cm³/mol. The number of rotatable bonds is 8. The maximum atomic E-state index is 13.0. The average Bonchev–Trinajstić information content (AvgIpc) is 2.85. The van der Waals surface area contributed by atoms with Crippen LogP contribution in [0, 0.1) is 10.1 Å². The third-order valence-corrected chi connectivity index (χ3v) is 4.57. The summed E-state index contributed by atoms with van der Waals surface area (Å²) < 4.78 is 4.93. The highest BCUT2D eigenvalue weighted by Gasteiger charge is 2.16. The number of ether oxygens (including phenoxy) is 1. The van der Waals surface area contributed by atoms with Crippen LogP contribution in [0.2, 0.25) is 0 Å². The first kappa shape index (κ1) is 23.9. The summed E-state index contributed by atoms with van der Waals surface area (Å²) in [5.41, 5.74) is 1.10. The molecule has 0 bridgehead atoms. The van der Waals surface area contributed by atoms with Crippen LogP contribution in [0.25, 0.3) is 6.08 Å². The second-order valence-electron chi connectivity index (χ2n) is 6.98. The quantitative estimate of drug-likeness (QED) is 0.225. The molecule has 2 N–H and O–H groups in total. The predicted octanol–water partition coefficient (Wildman–Crippen LogP) is 4.18. The normalized spacial score (nSPS) is 10.8. The van der Waals surface area contributed by atoms with Gasteiger partial charge in [-0.3, -0.25) is 19.7 Å². The topological polar surface area (TPSA) is 128 Å². The fraction of sp³-hybridized carbons (Fsp3) is 0.0800. The second kappa shape index (κ2) is 11.2. The number of nitro groups is 1. The van der Waals surface area contributed by atoms with Crippen molar-refractivity contribution < 1.29 is 24.0 Å². The standard InChI is InChI=1S/C25H21N3O6/c1-2-34-25(31)19-11-13-20(14-12-19)26-24(30)22(27-23(29)18-8-4-3-5-9-18)16-17-7-6-10-21(15-17)28(32)33/h3-16H,2H2,1H3,(H,26,30)(H,27,29)/b22-16+. The molecule has 3 aromatic rings. The van der Waals surface area contributed by atoms with Gasteiger partial charge in [0.1, 0.15) is 5.70 Å². The number of nitrogens with zero attached hydrogens (tertiary/aromatic N) is 1. The molecule has 3 rings (SSSR count). The number of esters is 1. The fourth-order valence-electron chi connectivity index (χ4n) is 2.94. The van der Waals surface area contributed by atoms with Gasteiger partial charge < -0.3 is 15.4 Å². The number of amides is 2. The molecule has 0 aliphatic heterocycles. The van der Waals surface area contributed by atoms with Crippen LogP contribution in [-0.4, -0.2) is 29.3 Å². The number of non-ortho nitro benzene ring substituents is 1. The van der Waals surface area contributed by atoms with Crippen LogP contribution in [0.5, 0.6) is 0 Å². The Morgan fingerprint density at radius 2 is 1.65 bits per heavy atom. The Labute approximate surface area is 195 Å². The first-order valence-electron chi connectivity index (χ1n) is 10.3. The SMILES string of the molecule is CCOC(=O)c1ccc(NC(=O)/C(=C\c2cccc([N+](=O)[O-])c2)NC(=O)c2ccccc2)cc1. The molecular weight excluding hydrogens is 438 g/mol. The van der Waals surface area contributed by atoms with Crippen molar-refractivity contribution in [3.63, 3.8) is 0 Å². The van der Waals surface area contributed by atoms with Crippen molar-refractivity contribution in [3.05, 3.63) is 111 Å². The molecule has 0 aliphatic rings. The summed E-state index contributed by atoms with van der Waals surface area (Å²) in [6.45, 7) is 1.94. The lowest BCUT2D eigenvalue weighted by Gasteiger charge is -2.12. The van der Waals surface area contributed by atoms with Gasteiger partial charge in [0.2, 0.25) is 0 Å². The number of carbonyl (C=O) groups is 3. The molecule has 3 aromatic carbocycles. The molecule has 9 heteroatoms. The van der Waals surface area contributed by atoms with Crippen LogP contribution in [0.3, 0.4) is 0 Å². The van der Waals surface area contributed by atoms with Gasteiger partial charge in [0.15, 0.2) is 0 Å². The zero-order valence-electron chi connectivity index (χ0n) is 18.2. The average molecular weight is 459 g/mol. The van der Waals surface area contributed by atoms with E-state index < -0.39 is 22.7 Å². The zero-order chi connectivity index (χ0) is 24.5. The molecule has 0 saturated carbocycles. The number of hydrogen-bond acceptors (Lipinski definition) is 6. The van der Waals surface area contributed by atoms with Gasteiger partial charge in [-0.15, -0.1) is 0 Å². The van der Waals surface area contributed by atoms with Crippen molar-refractivity contribution in [1.82, 2.24) is 5.32 Å². The van der Waals surface area contributed by atoms with Crippen LogP contribution < -0.4 is 10.6 Å². The van der Waals surface area contributed by atoms with Gasteiger partial charge in [0.05, 0.1) is 17.1 Å². The molecule has 2 amide bonds. The molecule has 0 unspecified atom stereocenters. The summed E-state index contributed by atoms with van der Waals surface area (Å²) in [4.78, 5) is 48.0. The Morgan fingerprint density at radius 1 is 0.941 bits per heavy atom. The molecule has 0 heterocycles. The van der Waals surface area contributed by atoms with E-state index in [0.29, 0.717) is 22.4 Å². The van der Waals surface area contributed by atoms with Crippen molar-refractivity contribution in [2.45, 2.75) is 6.92 Å². The van der Waals surface area contributed by atoms with Crippen LogP contribution in [0.1, 0.15) is 33.2 Å². The largest absolute Gasteiger partial charge is 0.462 e. The fourth-order valence-corrected chi connectivity index (χ4v) is 2.94. The minimum atomic E-state index is -0.653. The smallest absolute Gasteiger partial charge is 0.338 e. The number of benzene rings is 3. The van der Waals surface area contributed by atoms with E-state index in [1.807, 2.05) is 0 Å². The van der Waals surface area contributed by atoms with Gasteiger partial charge >= 0.3 is 5.97 Å². The van der Waals surface area contributed by atoms with Crippen LogP contribution in [0.4, 0.5) is 11.4 Å². The highest BCUT2D eigenvalue weighted by molar-refractivity contribution is 6.10. The first-order valence-corrected chi connectivity index (χ1v) is 10.3. The maximum Gasteiger partial charge on any atom is 0.338 e. The summed E-state index contributed by atoms with van der Waals surface area (Å²) in [5.74, 6) is -1.66. The lowest BCUT2D eigenvalue weighted by Crippen LogP contribution is -2.30. The third-order valence-electron chi connectivity index (χ3n) is 4.57. The van der Waals surface area contributed by atoms with Crippen molar-refractivity contribution in [3.8, 4) is 0 Å². The van der Waals surface area contributed by atoms with E-state index in [9.17, 15) is 24.5 Å². The summed E-state index contributed by atoms with van der Waals surface area (Å²) in [6, 6.07) is 20.0. The van der Waals surface area contributed by atoms with Gasteiger partial charge in [-0.05, 0) is 55.0 Å². The molecule has 0 atom stereocenters. The Morgan fingerprint density at radius 3 is 2.29 bits per heavy atom. The Bertz CT molecular complexity index is 1240. The van der Waals surface area contributed by atoms with E-state index >= 15 is 0 Å². The van der Waals surface area contributed by atoms with E-state index in [2.05, 4.69) is 10.6 Å². The van der Waals surface area contributed by atoms with E-state index in [-0.39, 0.29) is 18.0 Å². The Hall–Kier alpha value is -4.79. The number of anilines is 1. The number of carbonyl (C=O) groups excluding carboxylic acids is 3. The minimum absolute atomic E-state index is 0.121. The zero-order valence-corrected chi connectivity index (χ0v) is 18.2. The summed E-state index contributed by atoms with van der Waals surface area (Å²) in [6.07, 6.45) is 1.34. The van der Waals surface area contributed by atoms with Crippen LogP contribution >= 0.6 is 0 Å². The molecular formula is C25H21N3O6. The van der Waals surface area contributed by atoms with Gasteiger partial charge in [-0.1, -0.05) is 30.3 Å². The number of nitrogens with one attached hydrogen (secondary N) is 2. The summed E-state index contributed by atoms with van der Waals surface area (Å²) in [5, 5.41) is 16.3. The van der Waals surface area contributed by atoms with Gasteiger partial charge in [0, 0.05) is 23.4 Å². The molecule has 9 nitrogen and oxygen atoms in total. The molecule has 0 radical (unpaired) electrons. The minimum Gasteiger partial charge on any atom is -0.462 e. The van der Waals surface area contributed by atoms with Crippen molar-refractivity contribution >= 4 is 35.2 Å². The highest BCUT2D eigenvalue weighted by atomic mass is 16.6. The van der Waals surface area contributed by atoms with E-state index in [0.717, 1.165) is 0 Å². The summed E-state index contributed by atoms with van der Waals surface area (Å²) in [7, 11) is 0. The number of nitro benzene ring substituents is 1. The van der Waals surface area contributed by atoms with Crippen LogP contribution in [-0.2, 0) is 9.53 Å². The Balaban J connectivity index is 1.87. The molecule has 0 aromatic heterocycles. The van der Waals surface area contributed by atoms with Crippen molar-refractivity contribution in [2.75, 3.05) is 11.9 Å². The molecule has 0 spiro atoms. The van der Waals surface area contributed by atoms with E-state index in [4.69, 9.17) is 4.74 Å².